The highest BCUT2D eigenvalue weighted by molar-refractivity contribution is 9.11. The van der Waals surface area contributed by atoms with Crippen LogP contribution in [-0.2, 0) is 6.18 Å². The van der Waals surface area contributed by atoms with Crippen LogP contribution in [0.3, 0.4) is 0 Å². The fourth-order valence-electron chi connectivity index (χ4n) is 1.76. The largest absolute Gasteiger partial charge is 0.416 e. The molecule has 0 aliphatic heterocycles. The minimum absolute atomic E-state index is 0.425. The van der Waals surface area contributed by atoms with Crippen molar-refractivity contribution in [2.24, 2.45) is 0 Å². The van der Waals surface area contributed by atoms with Gasteiger partial charge in [0.05, 0.1) is 5.56 Å². The van der Waals surface area contributed by atoms with Gasteiger partial charge in [0.2, 0.25) is 0 Å². The highest BCUT2D eigenvalue weighted by atomic mass is 79.9. The van der Waals surface area contributed by atoms with E-state index >= 15 is 0 Å². The second kappa shape index (κ2) is 5.29. The Labute approximate surface area is 125 Å². The van der Waals surface area contributed by atoms with Gasteiger partial charge in [-0.15, -0.1) is 0 Å². The van der Waals surface area contributed by atoms with Crippen LogP contribution in [0.15, 0.2) is 45.3 Å². The summed E-state index contributed by atoms with van der Waals surface area (Å²) in [5, 5.41) is 0. The lowest BCUT2D eigenvalue weighted by atomic mass is 10.0. The van der Waals surface area contributed by atoms with Gasteiger partial charge in [-0.25, -0.2) is 0 Å². The van der Waals surface area contributed by atoms with Gasteiger partial charge in [0.25, 0.3) is 0 Å². The van der Waals surface area contributed by atoms with Crippen LogP contribution in [0.25, 0.3) is 11.1 Å². The number of aryl methyl sites for hydroxylation is 1. The highest BCUT2D eigenvalue weighted by Gasteiger charge is 2.30. The van der Waals surface area contributed by atoms with Gasteiger partial charge in [0, 0.05) is 8.95 Å². The Morgan fingerprint density at radius 2 is 1.53 bits per heavy atom. The van der Waals surface area contributed by atoms with Crippen molar-refractivity contribution in [3.8, 4) is 11.1 Å². The molecule has 0 aromatic heterocycles. The molecule has 0 amide bonds. The summed E-state index contributed by atoms with van der Waals surface area (Å²) in [5.74, 6) is 0. The van der Waals surface area contributed by atoms with Crippen LogP contribution in [0.5, 0.6) is 0 Å². The van der Waals surface area contributed by atoms with E-state index < -0.39 is 11.7 Å². The van der Waals surface area contributed by atoms with Gasteiger partial charge in [-0.3, -0.25) is 0 Å². The Bertz CT molecular complexity index is 619. The quantitative estimate of drug-likeness (QED) is 0.540. The molecule has 2 rings (SSSR count). The summed E-state index contributed by atoms with van der Waals surface area (Å²) in [7, 11) is 0. The third kappa shape index (κ3) is 3.20. The highest BCUT2D eigenvalue weighted by Crippen LogP contribution is 2.38. The molecule has 100 valence electrons. The Morgan fingerprint density at radius 3 is 2.11 bits per heavy atom. The van der Waals surface area contributed by atoms with Crippen LogP contribution in [0.4, 0.5) is 13.2 Å². The smallest absolute Gasteiger partial charge is 0.166 e. The predicted octanol–water partition coefficient (Wildman–Crippen LogP) is 6.21. The Balaban J connectivity index is 2.55. The maximum Gasteiger partial charge on any atom is 0.416 e. The third-order valence-corrected chi connectivity index (χ3v) is 4.06. The summed E-state index contributed by atoms with van der Waals surface area (Å²) in [6.45, 7) is 1.94. The van der Waals surface area contributed by atoms with E-state index in [0.717, 1.165) is 33.3 Å². The standard InChI is InChI=1S/C14H9Br2F3/c1-8-2-5-12(15)11(6-8)10-4-3-9(7-13(10)16)14(17,18)19/h2-7H,1H3. The molecule has 2 aromatic carbocycles. The maximum atomic E-state index is 12.6. The molecule has 0 bridgehead atoms. The molecule has 0 heterocycles. The molecule has 0 spiro atoms. The monoisotopic (exact) mass is 392 g/mol. The molecule has 0 radical (unpaired) electrons. The zero-order chi connectivity index (χ0) is 14.2. The third-order valence-electron chi connectivity index (χ3n) is 2.71. The first-order chi connectivity index (χ1) is 8.79. The summed E-state index contributed by atoms with van der Waals surface area (Å²) >= 11 is 6.63. The lowest BCUT2D eigenvalue weighted by molar-refractivity contribution is -0.137. The Kier molecular flexibility index (Phi) is 4.06. The summed E-state index contributed by atoms with van der Waals surface area (Å²) in [6.07, 6.45) is -4.33. The topological polar surface area (TPSA) is 0 Å². The van der Waals surface area contributed by atoms with Crippen molar-refractivity contribution in [3.05, 3.63) is 56.5 Å². The number of hydrogen-bond donors (Lipinski definition) is 0. The number of benzene rings is 2. The van der Waals surface area contributed by atoms with E-state index in [1.165, 1.54) is 6.07 Å². The van der Waals surface area contributed by atoms with E-state index in [4.69, 9.17) is 0 Å². The van der Waals surface area contributed by atoms with Gasteiger partial charge in [0.1, 0.15) is 0 Å². The van der Waals surface area contributed by atoms with E-state index in [1.54, 1.807) is 0 Å². The zero-order valence-corrected chi connectivity index (χ0v) is 13.0. The van der Waals surface area contributed by atoms with Crippen LogP contribution in [-0.4, -0.2) is 0 Å². The molecule has 2 aromatic rings. The van der Waals surface area contributed by atoms with Gasteiger partial charge in [-0.1, -0.05) is 55.6 Å². The number of alkyl halides is 3. The SMILES string of the molecule is Cc1ccc(Br)c(-c2ccc(C(F)(F)F)cc2Br)c1. The number of rotatable bonds is 1. The Hall–Kier alpha value is -0.810. The van der Waals surface area contributed by atoms with Crippen LogP contribution < -0.4 is 0 Å². The lowest BCUT2D eigenvalue weighted by Crippen LogP contribution is -2.04. The molecule has 5 heteroatoms. The second-order valence-electron chi connectivity index (χ2n) is 4.18. The zero-order valence-electron chi connectivity index (χ0n) is 9.85. The van der Waals surface area contributed by atoms with Crippen molar-refractivity contribution in [2.75, 3.05) is 0 Å². The molecule has 19 heavy (non-hydrogen) atoms. The Morgan fingerprint density at radius 1 is 0.842 bits per heavy atom. The van der Waals surface area contributed by atoms with Gasteiger partial charge in [0.15, 0.2) is 0 Å². The van der Waals surface area contributed by atoms with Crippen LogP contribution in [0.2, 0.25) is 0 Å². The number of halogens is 5. The van der Waals surface area contributed by atoms with E-state index in [1.807, 2.05) is 25.1 Å². The molecule has 0 atom stereocenters. The second-order valence-corrected chi connectivity index (χ2v) is 5.88. The summed E-state index contributed by atoms with van der Waals surface area (Å²) in [4.78, 5) is 0. The fraction of sp³-hybridized carbons (Fsp3) is 0.143. The van der Waals surface area contributed by atoms with Gasteiger partial charge < -0.3 is 0 Å². The normalized spacial score (nSPS) is 11.7. The molecule has 0 nitrogen and oxygen atoms in total. The van der Waals surface area contributed by atoms with E-state index in [2.05, 4.69) is 31.9 Å². The maximum absolute atomic E-state index is 12.6. The van der Waals surface area contributed by atoms with Crippen LogP contribution in [0, 0.1) is 6.92 Å². The van der Waals surface area contributed by atoms with Crippen molar-refractivity contribution in [1.82, 2.24) is 0 Å². The van der Waals surface area contributed by atoms with Crippen molar-refractivity contribution in [1.29, 1.82) is 0 Å². The minimum atomic E-state index is -4.33. The molecule has 0 saturated heterocycles. The van der Waals surface area contributed by atoms with Crippen molar-refractivity contribution in [3.63, 3.8) is 0 Å². The van der Waals surface area contributed by atoms with Gasteiger partial charge >= 0.3 is 6.18 Å². The van der Waals surface area contributed by atoms with Crippen molar-refractivity contribution < 1.29 is 13.2 Å². The van der Waals surface area contributed by atoms with E-state index in [9.17, 15) is 13.2 Å². The van der Waals surface area contributed by atoms with Gasteiger partial charge in [-0.2, -0.15) is 13.2 Å². The summed E-state index contributed by atoms with van der Waals surface area (Å²) in [5.41, 5.74) is 1.97. The summed E-state index contributed by atoms with van der Waals surface area (Å²) in [6, 6.07) is 9.42. The molecular formula is C14H9Br2F3. The first kappa shape index (κ1) is 14.6. The van der Waals surface area contributed by atoms with E-state index in [0.29, 0.717) is 4.47 Å². The fourth-order valence-corrected chi connectivity index (χ4v) is 2.81. The average molecular weight is 394 g/mol. The summed E-state index contributed by atoms with van der Waals surface area (Å²) < 4.78 is 39.1. The molecule has 0 N–H and O–H groups in total. The van der Waals surface area contributed by atoms with Crippen LogP contribution in [0.1, 0.15) is 11.1 Å². The van der Waals surface area contributed by atoms with Crippen molar-refractivity contribution in [2.45, 2.75) is 13.1 Å². The average Bonchev–Trinajstić information content (AvgIpc) is 2.31. The first-order valence-corrected chi connectivity index (χ1v) is 7.01. The van der Waals surface area contributed by atoms with Gasteiger partial charge in [-0.05, 0) is 36.2 Å². The van der Waals surface area contributed by atoms with E-state index in [-0.39, 0.29) is 0 Å². The number of hydrogen-bond acceptors (Lipinski definition) is 0. The predicted molar refractivity (Wildman–Crippen MR) is 77.0 cm³/mol. The molecule has 0 fully saturated rings. The molecule has 0 unspecified atom stereocenters. The lowest BCUT2D eigenvalue weighted by Gasteiger charge is -2.12. The van der Waals surface area contributed by atoms with Crippen molar-refractivity contribution >= 4 is 31.9 Å². The minimum Gasteiger partial charge on any atom is -0.166 e. The first-order valence-electron chi connectivity index (χ1n) is 5.42. The molecule has 0 aliphatic rings. The van der Waals surface area contributed by atoms with Crippen LogP contribution >= 0.6 is 31.9 Å². The molecule has 0 saturated carbocycles. The molecular weight excluding hydrogens is 385 g/mol. The molecule has 0 aliphatic carbocycles.